The smallest absolute Gasteiger partial charge is 0.261 e. The molecule has 2 amide bonds. The van der Waals surface area contributed by atoms with Crippen LogP contribution in [0.5, 0.6) is 17.2 Å². The van der Waals surface area contributed by atoms with Crippen molar-refractivity contribution in [1.29, 1.82) is 0 Å². The van der Waals surface area contributed by atoms with Gasteiger partial charge in [-0.05, 0) is 56.2 Å². The first kappa shape index (κ1) is 27.6. The first-order chi connectivity index (χ1) is 17.7. The fraction of sp³-hybridized carbons (Fsp3) is 0.333. The Kier molecular flexibility index (Phi) is 9.55. The van der Waals surface area contributed by atoms with Gasteiger partial charge in [0.25, 0.3) is 5.91 Å². The zero-order chi connectivity index (χ0) is 26.8. The number of ether oxygens (including phenoxy) is 3. The second-order valence-corrected chi connectivity index (χ2v) is 9.76. The van der Waals surface area contributed by atoms with Crippen molar-refractivity contribution < 1.29 is 23.8 Å². The Morgan fingerprint density at radius 1 is 0.838 bits per heavy atom. The fourth-order valence-corrected chi connectivity index (χ4v) is 3.93. The number of benzene rings is 3. The Balaban J connectivity index is 1.96. The lowest BCUT2D eigenvalue weighted by Gasteiger charge is -2.33. The maximum Gasteiger partial charge on any atom is 0.261 e. The summed E-state index contributed by atoms with van der Waals surface area (Å²) < 4.78 is 16.6. The molecule has 196 valence electrons. The Morgan fingerprint density at radius 3 is 2.14 bits per heavy atom. The van der Waals surface area contributed by atoms with Crippen LogP contribution in [0.25, 0.3) is 0 Å². The number of methoxy groups -OCH3 is 2. The van der Waals surface area contributed by atoms with Crippen LogP contribution in [0.1, 0.15) is 31.9 Å². The molecule has 3 aromatic carbocycles. The van der Waals surface area contributed by atoms with Crippen molar-refractivity contribution in [3.63, 3.8) is 0 Å². The first-order valence-electron chi connectivity index (χ1n) is 12.2. The van der Waals surface area contributed by atoms with Crippen LogP contribution in [0.4, 0.5) is 0 Å². The van der Waals surface area contributed by atoms with Gasteiger partial charge in [0.05, 0.1) is 14.2 Å². The van der Waals surface area contributed by atoms with E-state index in [-0.39, 0.29) is 25.0 Å². The zero-order valence-corrected chi connectivity index (χ0v) is 22.2. The molecule has 1 N–H and O–H groups in total. The van der Waals surface area contributed by atoms with Gasteiger partial charge >= 0.3 is 0 Å². The van der Waals surface area contributed by atoms with E-state index in [1.54, 1.807) is 31.3 Å². The van der Waals surface area contributed by atoms with Crippen LogP contribution in [0.15, 0.2) is 78.9 Å². The van der Waals surface area contributed by atoms with Crippen molar-refractivity contribution in [2.45, 2.75) is 45.3 Å². The highest BCUT2D eigenvalue weighted by Crippen LogP contribution is 2.26. The van der Waals surface area contributed by atoms with Gasteiger partial charge in [-0.2, -0.15) is 0 Å². The minimum absolute atomic E-state index is 0.209. The highest BCUT2D eigenvalue weighted by Gasteiger charge is 2.32. The molecule has 0 radical (unpaired) electrons. The molecule has 0 fully saturated rings. The highest BCUT2D eigenvalue weighted by atomic mass is 16.5. The molecule has 0 spiro atoms. The van der Waals surface area contributed by atoms with Gasteiger partial charge in [0.15, 0.2) is 18.1 Å². The van der Waals surface area contributed by atoms with Crippen LogP contribution in [0.3, 0.4) is 0 Å². The van der Waals surface area contributed by atoms with Crippen molar-refractivity contribution in [3.8, 4) is 17.2 Å². The Morgan fingerprint density at radius 2 is 1.49 bits per heavy atom. The van der Waals surface area contributed by atoms with Gasteiger partial charge in [0, 0.05) is 18.5 Å². The number of nitrogens with zero attached hydrogens (tertiary/aromatic N) is 1. The Labute approximate surface area is 219 Å². The molecule has 37 heavy (non-hydrogen) atoms. The molecule has 1 atom stereocenters. The van der Waals surface area contributed by atoms with Crippen LogP contribution in [-0.4, -0.2) is 49.1 Å². The molecular formula is C30H36N2O5. The molecule has 3 rings (SSSR count). The van der Waals surface area contributed by atoms with E-state index in [0.29, 0.717) is 23.7 Å². The number of carbonyl (C=O) groups is 2. The standard InChI is InChI=1S/C30H36N2O5/c1-30(2,3)31-29(34)25(19-22-12-7-6-8-13-22)32(20-23-14-11-15-24(18-23)35-4)28(33)21-37-27-17-10-9-16-26(27)36-5/h6-18,25H,19-21H2,1-5H3,(H,31,34). The lowest BCUT2D eigenvalue weighted by molar-refractivity contribution is -0.143. The summed E-state index contributed by atoms with van der Waals surface area (Å²) in [6.07, 6.45) is 0.354. The minimum Gasteiger partial charge on any atom is -0.497 e. The van der Waals surface area contributed by atoms with Gasteiger partial charge in [0.2, 0.25) is 5.91 Å². The van der Waals surface area contributed by atoms with E-state index in [4.69, 9.17) is 14.2 Å². The first-order valence-corrected chi connectivity index (χ1v) is 12.2. The third kappa shape index (κ3) is 8.27. The number of rotatable bonds is 11. The van der Waals surface area contributed by atoms with E-state index in [0.717, 1.165) is 11.1 Å². The summed E-state index contributed by atoms with van der Waals surface area (Å²) in [6.45, 7) is 5.72. The number of hydrogen-bond donors (Lipinski definition) is 1. The predicted octanol–water partition coefficient (Wildman–Crippen LogP) is 4.64. The number of para-hydroxylation sites is 2. The van der Waals surface area contributed by atoms with Crippen molar-refractivity contribution in [2.24, 2.45) is 0 Å². The van der Waals surface area contributed by atoms with Crippen LogP contribution < -0.4 is 19.5 Å². The van der Waals surface area contributed by atoms with E-state index < -0.39 is 11.6 Å². The third-order valence-electron chi connectivity index (χ3n) is 5.68. The summed E-state index contributed by atoms with van der Waals surface area (Å²) in [4.78, 5) is 28.9. The summed E-state index contributed by atoms with van der Waals surface area (Å²) in [5.74, 6) is 1.11. The Hall–Kier alpha value is -4.00. The zero-order valence-electron chi connectivity index (χ0n) is 22.2. The number of nitrogens with one attached hydrogen (secondary N) is 1. The monoisotopic (exact) mass is 504 g/mol. The summed E-state index contributed by atoms with van der Waals surface area (Å²) in [6, 6.07) is 23.5. The van der Waals surface area contributed by atoms with Crippen molar-refractivity contribution in [1.82, 2.24) is 10.2 Å². The normalized spacial score (nSPS) is 11.8. The van der Waals surface area contributed by atoms with Crippen molar-refractivity contribution in [2.75, 3.05) is 20.8 Å². The second kappa shape index (κ2) is 12.8. The predicted molar refractivity (Wildman–Crippen MR) is 144 cm³/mol. The van der Waals surface area contributed by atoms with Gasteiger partial charge < -0.3 is 24.4 Å². The molecule has 0 aliphatic rings. The summed E-state index contributed by atoms with van der Waals surface area (Å²) >= 11 is 0. The van der Waals surface area contributed by atoms with Gasteiger partial charge in [-0.3, -0.25) is 9.59 Å². The molecule has 7 nitrogen and oxygen atoms in total. The maximum absolute atomic E-state index is 13.7. The molecule has 1 unspecified atom stereocenters. The quantitative estimate of drug-likeness (QED) is 0.412. The third-order valence-corrected chi connectivity index (χ3v) is 5.68. The SMILES string of the molecule is COc1cccc(CN(C(=O)COc2ccccc2OC)C(Cc2ccccc2)C(=O)NC(C)(C)C)c1. The molecule has 7 heteroatoms. The molecule has 0 aromatic heterocycles. The second-order valence-electron chi connectivity index (χ2n) is 9.76. The van der Waals surface area contributed by atoms with E-state index >= 15 is 0 Å². The van der Waals surface area contributed by atoms with E-state index in [1.165, 1.54) is 0 Å². The summed E-state index contributed by atoms with van der Waals surface area (Å²) in [7, 11) is 3.14. The maximum atomic E-state index is 13.7. The molecular weight excluding hydrogens is 468 g/mol. The summed E-state index contributed by atoms with van der Waals surface area (Å²) in [5.41, 5.74) is 1.32. The number of carbonyl (C=O) groups excluding carboxylic acids is 2. The van der Waals surface area contributed by atoms with Crippen LogP contribution in [-0.2, 0) is 22.6 Å². The van der Waals surface area contributed by atoms with Crippen LogP contribution in [0, 0.1) is 0 Å². The lowest BCUT2D eigenvalue weighted by atomic mass is 10.0. The van der Waals surface area contributed by atoms with Gasteiger partial charge in [0.1, 0.15) is 11.8 Å². The van der Waals surface area contributed by atoms with Crippen molar-refractivity contribution in [3.05, 3.63) is 90.0 Å². The van der Waals surface area contributed by atoms with Crippen molar-refractivity contribution >= 4 is 11.8 Å². The Bertz CT molecular complexity index is 1170. The van der Waals surface area contributed by atoms with E-state index in [1.807, 2.05) is 87.5 Å². The highest BCUT2D eigenvalue weighted by molar-refractivity contribution is 5.89. The average molecular weight is 505 g/mol. The molecule has 0 heterocycles. The fourth-order valence-electron chi connectivity index (χ4n) is 3.93. The molecule has 0 saturated heterocycles. The van der Waals surface area contributed by atoms with Gasteiger partial charge in [-0.1, -0.05) is 54.6 Å². The van der Waals surface area contributed by atoms with E-state index in [2.05, 4.69) is 5.32 Å². The number of hydrogen-bond acceptors (Lipinski definition) is 5. The molecule has 0 saturated carbocycles. The average Bonchev–Trinajstić information content (AvgIpc) is 2.89. The number of amides is 2. The molecule has 0 aliphatic carbocycles. The molecule has 0 bridgehead atoms. The molecule has 3 aromatic rings. The summed E-state index contributed by atoms with van der Waals surface area (Å²) in [5, 5.41) is 3.06. The van der Waals surface area contributed by atoms with Crippen LogP contribution >= 0.6 is 0 Å². The van der Waals surface area contributed by atoms with E-state index in [9.17, 15) is 9.59 Å². The van der Waals surface area contributed by atoms with Crippen LogP contribution in [0.2, 0.25) is 0 Å². The van der Waals surface area contributed by atoms with Gasteiger partial charge in [-0.25, -0.2) is 0 Å². The topological polar surface area (TPSA) is 77.1 Å². The lowest BCUT2D eigenvalue weighted by Crippen LogP contribution is -2.55. The van der Waals surface area contributed by atoms with Gasteiger partial charge in [-0.15, -0.1) is 0 Å². The largest absolute Gasteiger partial charge is 0.497 e. The minimum atomic E-state index is -0.762. The molecule has 0 aliphatic heterocycles.